The minimum atomic E-state index is -3.74. The molecule has 0 amide bonds. The second-order valence-corrected chi connectivity index (χ2v) is 8.21. The average molecular weight is 352 g/mol. The fourth-order valence-electron chi connectivity index (χ4n) is 2.52. The first kappa shape index (κ1) is 17.8. The molecule has 1 N–H and O–H groups in total. The van der Waals surface area contributed by atoms with Crippen LogP contribution in [0.4, 0.5) is 5.69 Å². The van der Waals surface area contributed by atoms with Gasteiger partial charge in [-0.05, 0) is 35.1 Å². The van der Waals surface area contributed by atoms with Crippen molar-refractivity contribution in [3.05, 3.63) is 58.6 Å². The molecule has 0 spiro atoms. The third-order valence-corrected chi connectivity index (χ3v) is 5.59. The maximum absolute atomic E-state index is 12.8. The highest BCUT2D eigenvalue weighted by Crippen LogP contribution is 2.34. The first-order valence-corrected chi connectivity index (χ1v) is 9.50. The van der Waals surface area contributed by atoms with Crippen LogP contribution in [-0.4, -0.2) is 8.42 Å². The largest absolute Gasteiger partial charge is 0.279 e. The minimum absolute atomic E-state index is 0.0925. The highest BCUT2D eigenvalue weighted by Gasteiger charge is 2.22. The van der Waals surface area contributed by atoms with Crippen molar-refractivity contribution >= 4 is 27.3 Å². The zero-order valence-corrected chi connectivity index (χ0v) is 15.4. The Bertz CT molecular complexity index is 772. The standard InChI is InChI=1S/C18H22ClNO2S/c1-12(2)14-8-7-9-15(13(3)4)18(14)20-23(21,22)17-11-6-5-10-16(17)19/h5-13,20H,1-4H3. The normalized spacial score (nSPS) is 12.0. The molecule has 0 saturated heterocycles. The molecule has 2 rings (SSSR count). The third kappa shape index (κ3) is 3.88. The van der Waals surface area contributed by atoms with Gasteiger partial charge >= 0.3 is 0 Å². The fourth-order valence-corrected chi connectivity index (χ4v) is 4.16. The maximum atomic E-state index is 12.8. The smallest absolute Gasteiger partial charge is 0.263 e. The van der Waals surface area contributed by atoms with E-state index in [1.807, 2.05) is 45.9 Å². The second kappa shape index (κ2) is 6.93. The molecule has 2 aromatic carbocycles. The van der Waals surface area contributed by atoms with E-state index in [9.17, 15) is 8.42 Å². The van der Waals surface area contributed by atoms with Gasteiger partial charge in [-0.2, -0.15) is 0 Å². The lowest BCUT2D eigenvalue weighted by Gasteiger charge is -2.21. The van der Waals surface area contributed by atoms with Crippen molar-refractivity contribution in [2.24, 2.45) is 0 Å². The highest BCUT2D eigenvalue weighted by molar-refractivity contribution is 7.92. The molecule has 0 radical (unpaired) electrons. The Morgan fingerprint density at radius 3 is 1.87 bits per heavy atom. The van der Waals surface area contributed by atoms with Crippen LogP contribution >= 0.6 is 11.6 Å². The molecule has 0 aliphatic heterocycles. The van der Waals surface area contributed by atoms with Crippen molar-refractivity contribution in [3.8, 4) is 0 Å². The second-order valence-electron chi connectivity index (χ2n) is 6.16. The van der Waals surface area contributed by atoms with E-state index in [0.717, 1.165) is 11.1 Å². The molecule has 2 aromatic rings. The van der Waals surface area contributed by atoms with E-state index in [4.69, 9.17) is 11.6 Å². The van der Waals surface area contributed by atoms with Gasteiger partial charge in [-0.1, -0.05) is 69.6 Å². The van der Waals surface area contributed by atoms with Crippen molar-refractivity contribution in [1.29, 1.82) is 0 Å². The molecule has 5 heteroatoms. The van der Waals surface area contributed by atoms with Crippen LogP contribution in [0.15, 0.2) is 47.4 Å². The summed E-state index contributed by atoms with van der Waals surface area (Å²) in [6.07, 6.45) is 0. The Kier molecular flexibility index (Phi) is 5.37. The summed E-state index contributed by atoms with van der Waals surface area (Å²) in [5, 5.41) is 0.216. The Balaban J connectivity index is 2.57. The van der Waals surface area contributed by atoms with E-state index < -0.39 is 10.0 Å². The van der Waals surface area contributed by atoms with Gasteiger partial charge in [0.15, 0.2) is 0 Å². The molecule has 0 aliphatic rings. The number of rotatable bonds is 5. The predicted octanol–water partition coefficient (Wildman–Crippen LogP) is 5.39. The first-order chi connectivity index (χ1) is 10.7. The summed E-state index contributed by atoms with van der Waals surface area (Å²) >= 11 is 6.06. The molecule has 0 heterocycles. The maximum Gasteiger partial charge on any atom is 0.263 e. The molecule has 0 atom stereocenters. The number of sulfonamides is 1. The molecular weight excluding hydrogens is 330 g/mol. The van der Waals surface area contributed by atoms with Crippen LogP contribution in [0.1, 0.15) is 50.7 Å². The Morgan fingerprint density at radius 1 is 0.870 bits per heavy atom. The molecule has 23 heavy (non-hydrogen) atoms. The molecule has 0 aliphatic carbocycles. The Hall–Kier alpha value is -1.52. The molecule has 0 bridgehead atoms. The molecule has 0 saturated carbocycles. The van der Waals surface area contributed by atoms with E-state index in [1.165, 1.54) is 6.07 Å². The lowest BCUT2D eigenvalue weighted by atomic mass is 9.93. The molecular formula is C18H22ClNO2S. The van der Waals surface area contributed by atoms with Gasteiger partial charge in [0.05, 0.1) is 10.7 Å². The quantitative estimate of drug-likeness (QED) is 0.785. The topological polar surface area (TPSA) is 46.2 Å². The van der Waals surface area contributed by atoms with Crippen LogP contribution in [0.3, 0.4) is 0 Å². The van der Waals surface area contributed by atoms with Crippen molar-refractivity contribution in [2.75, 3.05) is 4.72 Å². The number of hydrogen-bond donors (Lipinski definition) is 1. The summed E-state index contributed by atoms with van der Waals surface area (Å²) in [6.45, 7) is 8.19. The van der Waals surface area contributed by atoms with Crippen LogP contribution in [0, 0.1) is 0 Å². The summed E-state index contributed by atoms with van der Waals surface area (Å²) in [4.78, 5) is 0.0925. The summed E-state index contributed by atoms with van der Waals surface area (Å²) < 4.78 is 28.3. The first-order valence-electron chi connectivity index (χ1n) is 7.64. The van der Waals surface area contributed by atoms with E-state index in [-0.39, 0.29) is 21.8 Å². The summed E-state index contributed by atoms with van der Waals surface area (Å²) in [5.74, 6) is 0.412. The highest BCUT2D eigenvalue weighted by atomic mass is 35.5. The Morgan fingerprint density at radius 2 is 1.39 bits per heavy atom. The van der Waals surface area contributed by atoms with E-state index >= 15 is 0 Å². The number of halogens is 1. The number of para-hydroxylation sites is 1. The van der Waals surface area contributed by atoms with E-state index in [2.05, 4.69) is 4.72 Å². The monoisotopic (exact) mass is 351 g/mol. The zero-order valence-electron chi connectivity index (χ0n) is 13.8. The van der Waals surface area contributed by atoms with Crippen molar-refractivity contribution in [3.63, 3.8) is 0 Å². The number of nitrogens with one attached hydrogen (secondary N) is 1. The third-order valence-electron chi connectivity index (χ3n) is 3.74. The number of benzene rings is 2. The summed E-state index contributed by atoms with van der Waals surface area (Å²) in [7, 11) is -3.74. The van der Waals surface area contributed by atoms with Crippen LogP contribution < -0.4 is 4.72 Å². The van der Waals surface area contributed by atoms with Gasteiger partial charge in [-0.25, -0.2) is 8.42 Å². The van der Waals surface area contributed by atoms with Crippen molar-refractivity contribution in [1.82, 2.24) is 0 Å². The zero-order chi connectivity index (χ0) is 17.2. The molecule has 0 aromatic heterocycles. The van der Waals surface area contributed by atoms with Gasteiger partial charge in [0, 0.05) is 0 Å². The lowest BCUT2D eigenvalue weighted by Crippen LogP contribution is -2.17. The van der Waals surface area contributed by atoms with Crippen molar-refractivity contribution in [2.45, 2.75) is 44.4 Å². The Labute approximate surface area is 143 Å². The average Bonchev–Trinajstić information content (AvgIpc) is 2.46. The van der Waals surface area contributed by atoms with Crippen LogP contribution in [0.25, 0.3) is 0 Å². The molecule has 0 unspecified atom stereocenters. The summed E-state index contributed by atoms with van der Waals surface area (Å²) in [6, 6.07) is 12.4. The fraction of sp³-hybridized carbons (Fsp3) is 0.333. The van der Waals surface area contributed by atoms with Crippen LogP contribution in [-0.2, 0) is 10.0 Å². The van der Waals surface area contributed by atoms with Crippen LogP contribution in [0.2, 0.25) is 5.02 Å². The van der Waals surface area contributed by atoms with Gasteiger partial charge in [0.1, 0.15) is 4.90 Å². The number of hydrogen-bond acceptors (Lipinski definition) is 2. The SMILES string of the molecule is CC(C)c1cccc(C(C)C)c1NS(=O)(=O)c1ccccc1Cl. The molecule has 124 valence electrons. The minimum Gasteiger partial charge on any atom is -0.279 e. The molecule has 0 fully saturated rings. The van der Waals surface area contributed by atoms with Gasteiger partial charge < -0.3 is 0 Å². The molecule has 3 nitrogen and oxygen atoms in total. The predicted molar refractivity (Wildman–Crippen MR) is 96.9 cm³/mol. The van der Waals surface area contributed by atoms with E-state index in [1.54, 1.807) is 18.2 Å². The van der Waals surface area contributed by atoms with Gasteiger partial charge in [-0.3, -0.25) is 4.72 Å². The van der Waals surface area contributed by atoms with Gasteiger partial charge in [0.25, 0.3) is 10.0 Å². The number of anilines is 1. The van der Waals surface area contributed by atoms with E-state index in [0.29, 0.717) is 5.69 Å². The van der Waals surface area contributed by atoms with Gasteiger partial charge in [0.2, 0.25) is 0 Å². The summed E-state index contributed by atoms with van der Waals surface area (Å²) in [5.41, 5.74) is 2.62. The lowest BCUT2D eigenvalue weighted by molar-refractivity contribution is 0.601. The van der Waals surface area contributed by atoms with Gasteiger partial charge in [-0.15, -0.1) is 0 Å². The van der Waals surface area contributed by atoms with Crippen LogP contribution in [0.5, 0.6) is 0 Å². The van der Waals surface area contributed by atoms with Crippen molar-refractivity contribution < 1.29 is 8.42 Å².